The van der Waals surface area contributed by atoms with E-state index in [4.69, 9.17) is 0 Å². The summed E-state index contributed by atoms with van der Waals surface area (Å²) >= 11 is 0. The highest BCUT2D eigenvalue weighted by Gasteiger charge is 2.27. The standard InChI is InChI=1S/C16H28N6O/c1-3-21-10-4-5-14(21)11-20(2)16(23)15-12-22(19-18-15)13-6-8-17-9-7-13/h12-14,17H,3-11H2,1-2H3. The minimum absolute atomic E-state index is 0.0202. The number of nitrogens with one attached hydrogen (secondary N) is 1. The molecule has 3 rings (SSSR count). The SMILES string of the molecule is CCN1CCCC1CN(C)C(=O)c1cn(C2CCNCC2)nn1. The molecule has 128 valence electrons. The van der Waals surface area contributed by atoms with Gasteiger partial charge in [0.05, 0.1) is 12.2 Å². The van der Waals surface area contributed by atoms with Gasteiger partial charge in [-0.1, -0.05) is 12.1 Å². The van der Waals surface area contributed by atoms with E-state index in [1.165, 1.54) is 12.8 Å². The fraction of sp³-hybridized carbons (Fsp3) is 0.812. The molecule has 1 unspecified atom stereocenters. The zero-order valence-corrected chi connectivity index (χ0v) is 14.2. The third-order valence-corrected chi connectivity index (χ3v) is 5.15. The predicted molar refractivity (Wildman–Crippen MR) is 88.4 cm³/mol. The molecule has 1 amide bonds. The van der Waals surface area contributed by atoms with Crippen molar-refractivity contribution in [1.29, 1.82) is 0 Å². The highest BCUT2D eigenvalue weighted by atomic mass is 16.2. The van der Waals surface area contributed by atoms with Crippen LogP contribution in [0.25, 0.3) is 0 Å². The quantitative estimate of drug-likeness (QED) is 0.867. The van der Waals surface area contributed by atoms with Crippen molar-refractivity contribution >= 4 is 5.91 Å². The molecule has 23 heavy (non-hydrogen) atoms. The second-order valence-corrected chi connectivity index (χ2v) is 6.68. The van der Waals surface area contributed by atoms with Gasteiger partial charge in [0.2, 0.25) is 0 Å². The maximum Gasteiger partial charge on any atom is 0.275 e. The monoisotopic (exact) mass is 320 g/mol. The van der Waals surface area contributed by atoms with Crippen LogP contribution < -0.4 is 5.32 Å². The Labute approximate surface area is 138 Å². The van der Waals surface area contributed by atoms with Crippen molar-refractivity contribution in [1.82, 2.24) is 30.1 Å². The molecule has 2 fully saturated rings. The van der Waals surface area contributed by atoms with Crippen molar-refractivity contribution in [3.63, 3.8) is 0 Å². The number of rotatable bonds is 5. The second-order valence-electron chi connectivity index (χ2n) is 6.68. The van der Waals surface area contributed by atoms with Crippen molar-refractivity contribution in [3.8, 4) is 0 Å². The van der Waals surface area contributed by atoms with E-state index in [0.29, 0.717) is 17.8 Å². The van der Waals surface area contributed by atoms with E-state index < -0.39 is 0 Å². The molecular formula is C16H28N6O. The molecule has 0 aliphatic carbocycles. The first-order chi connectivity index (χ1) is 11.2. The van der Waals surface area contributed by atoms with Gasteiger partial charge in [-0.25, -0.2) is 4.68 Å². The average Bonchev–Trinajstić information content (AvgIpc) is 3.24. The molecule has 1 atom stereocenters. The number of likely N-dealkylation sites (N-methyl/N-ethyl adjacent to an activating group) is 2. The van der Waals surface area contributed by atoms with Crippen molar-refractivity contribution < 1.29 is 4.79 Å². The fourth-order valence-corrected chi connectivity index (χ4v) is 3.74. The van der Waals surface area contributed by atoms with E-state index in [9.17, 15) is 4.79 Å². The van der Waals surface area contributed by atoms with Crippen molar-refractivity contribution in [3.05, 3.63) is 11.9 Å². The molecule has 1 aromatic heterocycles. The number of hydrogen-bond acceptors (Lipinski definition) is 5. The number of piperidine rings is 1. The van der Waals surface area contributed by atoms with Crippen LogP contribution in [0.15, 0.2) is 6.20 Å². The van der Waals surface area contributed by atoms with Gasteiger partial charge in [0.15, 0.2) is 5.69 Å². The molecule has 2 aliphatic heterocycles. The van der Waals surface area contributed by atoms with Gasteiger partial charge < -0.3 is 10.2 Å². The Kier molecular flexibility index (Phi) is 5.27. The summed E-state index contributed by atoms with van der Waals surface area (Å²) in [5, 5.41) is 11.6. The Balaban J connectivity index is 1.59. The smallest absolute Gasteiger partial charge is 0.275 e. The third-order valence-electron chi connectivity index (χ3n) is 5.15. The van der Waals surface area contributed by atoms with E-state index in [-0.39, 0.29) is 5.91 Å². The lowest BCUT2D eigenvalue weighted by atomic mass is 10.1. The van der Waals surface area contributed by atoms with Crippen LogP contribution in [-0.4, -0.2) is 76.5 Å². The first-order valence-electron chi connectivity index (χ1n) is 8.81. The Hall–Kier alpha value is -1.47. The zero-order valence-electron chi connectivity index (χ0n) is 14.2. The van der Waals surface area contributed by atoms with Crippen molar-refractivity contribution in [2.75, 3.05) is 39.8 Å². The van der Waals surface area contributed by atoms with Gasteiger partial charge in [0, 0.05) is 19.6 Å². The summed E-state index contributed by atoms with van der Waals surface area (Å²) in [6, 6.07) is 0.842. The van der Waals surface area contributed by atoms with Gasteiger partial charge in [-0.2, -0.15) is 0 Å². The number of nitrogens with zero attached hydrogens (tertiary/aromatic N) is 5. The molecule has 0 bridgehead atoms. The highest BCUT2D eigenvalue weighted by Crippen LogP contribution is 2.19. The fourth-order valence-electron chi connectivity index (χ4n) is 3.74. The van der Waals surface area contributed by atoms with Crippen LogP contribution in [0.5, 0.6) is 0 Å². The normalized spacial score (nSPS) is 23.3. The van der Waals surface area contributed by atoms with Crippen LogP contribution in [0.3, 0.4) is 0 Å². The Morgan fingerprint density at radius 3 is 2.91 bits per heavy atom. The van der Waals surface area contributed by atoms with Gasteiger partial charge in [0.1, 0.15) is 0 Å². The number of carbonyl (C=O) groups is 1. The van der Waals surface area contributed by atoms with Crippen LogP contribution in [0.1, 0.15) is 49.1 Å². The molecule has 1 N–H and O–H groups in total. The maximum atomic E-state index is 12.6. The molecule has 0 radical (unpaired) electrons. The minimum Gasteiger partial charge on any atom is -0.339 e. The van der Waals surface area contributed by atoms with E-state index in [2.05, 4.69) is 27.5 Å². The first kappa shape index (κ1) is 16.4. The van der Waals surface area contributed by atoms with Gasteiger partial charge in [-0.15, -0.1) is 5.10 Å². The summed E-state index contributed by atoms with van der Waals surface area (Å²) in [4.78, 5) is 16.9. The summed E-state index contributed by atoms with van der Waals surface area (Å²) in [6.07, 6.45) is 6.31. The van der Waals surface area contributed by atoms with Crippen LogP contribution in [0.2, 0.25) is 0 Å². The van der Waals surface area contributed by atoms with E-state index in [1.54, 1.807) is 4.90 Å². The van der Waals surface area contributed by atoms with Crippen LogP contribution >= 0.6 is 0 Å². The maximum absolute atomic E-state index is 12.6. The third kappa shape index (κ3) is 3.72. The van der Waals surface area contributed by atoms with Crippen molar-refractivity contribution in [2.24, 2.45) is 0 Å². The molecule has 0 saturated carbocycles. The van der Waals surface area contributed by atoms with Crippen LogP contribution in [0.4, 0.5) is 0 Å². The lowest BCUT2D eigenvalue weighted by Gasteiger charge is -2.27. The second kappa shape index (κ2) is 7.40. The summed E-state index contributed by atoms with van der Waals surface area (Å²) in [5.41, 5.74) is 0.465. The number of likely N-dealkylation sites (tertiary alicyclic amines) is 1. The molecule has 0 spiro atoms. The lowest BCUT2D eigenvalue weighted by molar-refractivity contribution is 0.0748. The minimum atomic E-state index is -0.0202. The summed E-state index contributed by atoms with van der Waals surface area (Å²) in [6.45, 7) is 7.16. The summed E-state index contributed by atoms with van der Waals surface area (Å²) in [7, 11) is 1.87. The summed E-state index contributed by atoms with van der Waals surface area (Å²) < 4.78 is 1.87. The molecule has 0 aromatic carbocycles. The Morgan fingerprint density at radius 1 is 1.39 bits per heavy atom. The first-order valence-corrected chi connectivity index (χ1v) is 8.81. The van der Waals surface area contributed by atoms with Gasteiger partial charge >= 0.3 is 0 Å². The van der Waals surface area contributed by atoms with Crippen LogP contribution in [-0.2, 0) is 0 Å². The van der Waals surface area contributed by atoms with E-state index >= 15 is 0 Å². The largest absolute Gasteiger partial charge is 0.339 e. The molecule has 7 nitrogen and oxygen atoms in total. The molecule has 1 aromatic rings. The topological polar surface area (TPSA) is 66.3 Å². The lowest BCUT2D eigenvalue weighted by Crippen LogP contribution is -2.41. The zero-order chi connectivity index (χ0) is 16.2. The Morgan fingerprint density at radius 2 is 2.17 bits per heavy atom. The predicted octanol–water partition coefficient (Wildman–Crippen LogP) is 0.759. The van der Waals surface area contributed by atoms with Crippen LogP contribution in [0, 0.1) is 0 Å². The molecule has 2 aliphatic rings. The van der Waals surface area contributed by atoms with Gasteiger partial charge in [-0.3, -0.25) is 9.69 Å². The summed E-state index contributed by atoms with van der Waals surface area (Å²) in [5.74, 6) is -0.0202. The number of amides is 1. The highest BCUT2D eigenvalue weighted by molar-refractivity contribution is 5.91. The number of aromatic nitrogens is 3. The van der Waals surface area contributed by atoms with E-state index in [0.717, 1.165) is 45.6 Å². The van der Waals surface area contributed by atoms with Crippen molar-refractivity contribution in [2.45, 2.75) is 44.7 Å². The van der Waals surface area contributed by atoms with E-state index in [1.807, 2.05) is 17.9 Å². The van der Waals surface area contributed by atoms with Gasteiger partial charge in [-0.05, 0) is 51.9 Å². The number of hydrogen-bond donors (Lipinski definition) is 1. The molecule has 3 heterocycles. The van der Waals surface area contributed by atoms with Gasteiger partial charge in [0.25, 0.3) is 5.91 Å². The molecular weight excluding hydrogens is 292 g/mol. The molecule has 2 saturated heterocycles. The number of carbonyl (C=O) groups excluding carboxylic acids is 1. The Bertz CT molecular complexity index is 524. The average molecular weight is 320 g/mol. The molecule has 7 heteroatoms.